The van der Waals surface area contributed by atoms with Gasteiger partial charge in [0.05, 0.1) is 16.7 Å². The fourth-order valence-electron chi connectivity index (χ4n) is 1.49. The summed E-state index contributed by atoms with van der Waals surface area (Å²) in [4.78, 5) is 4.02. The van der Waals surface area contributed by atoms with Gasteiger partial charge in [-0.1, -0.05) is 0 Å². The van der Waals surface area contributed by atoms with Gasteiger partial charge in [0, 0.05) is 30.8 Å². The van der Waals surface area contributed by atoms with Gasteiger partial charge in [0.1, 0.15) is 0 Å². The molecular weight excluding hydrogens is 268 g/mol. The Morgan fingerprint density at radius 1 is 1.50 bits per heavy atom. The fourth-order valence-corrected chi connectivity index (χ4v) is 1.86. The Balaban J connectivity index is 1.97. The number of aromatic nitrogens is 3. The van der Waals surface area contributed by atoms with Crippen molar-refractivity contribution < 1.29 is 0 Å². The zero-order chi connectivity index (χ0) is 11.4. The molecule has 1 N–H and O–H groups in total. The van der Waals surface area contributed by atoms with Crippen LogP contribution in [0.5, 0.6) is 0 Å². The van der Waals surface area contributed by atoms with Gasteiger partial charge < -0.3 is 5.32 Å². The normalized spacial score (nSPS) is 12.4. The lowest BCUT2D eigenvalue weighted by Gasteiger charge is -2.16. The summed E-state index contributed by atoms with van der Waals surface area (Å²) in [6, 6.07) is 4.18. The number of nitrogens with zero attached hydrogens (tertiary/aromatic N) is 3. The van der Waals surface area contributed by atoms with Crippen molar-refractivity contribution in [2.24, 2.45) is 0 Å². The molecule has 0 aliphatic carbocycles. The van der Waals surface area contributed by atoms with Gasteiger partial charge in [0.2, 0.25) is 0 Å². The minimum atomic E-state index is 0.304. The van der Waals surface area contributed by atoms with Gasteiger partial charge in [-0.3, -0.25) is 9.67 Å². The van der Waals surface area contributed by atoms with E-state index in [0.29, 0.717) is 6.04 Å². The standard InChI is InChI=1S/C11H13BrN4/c1-9(8-16-6-2-4-14-16)15-11-3-5-13-7-10(11)12/h2-7,9H,8H2,1H3,(H,13,15). The second-order valence-corrected chi connectivity index (χ2v) is 4.48. The van der Waals surface area contributed by atoms with Crippen LogP contribution in [0.2, 0.25) is 0 Å². The van der Waals surface area contributed by atoms with E-state index in [0.717, 1.165) is 16.7 Å². The Hall–Kier alpha value is -1.36. The maximum absolute atomic E-state index is 4.17. The SMILES string of the molecule is CC(Cn1cccn1)Nc1ccncc1Br. The Kier molecular flexibility index (Phi) is 3.56. The molecule has 5 heteroatoms. The van der Waals surface area contributed by atoms with Crippen molar-refractivity contribution in [3.63, 3.8) is 0 Å². The number of anilines is 1. The molecule has 84 valence electrons. The maximum atomic E-state index is 4.17. The molecule has 0 amide bonds. The Morgan fingerprint density at radius 3 is 3.06 bits per heavy atom. The highest BCUT2D eigenvalue weighted by molar-refractivity contribution is 9.10. The van der Waals surface area contributed by atoms with Crippen LogP contribution < -0.4 is 5.32 Å². The molecular formula is C11H13BrN4. The third-order valence-electron chi connectivity index (χ3n) is 2.19. The zero-order valence-electron chi connectivity index (χ0n) is 8.97. The van der Waals surface area contributed by atoms with Gasteiger partial charge in [-0.05, 0) is 35.0 Å². The molecule has 2 aromatic heterocycles. The molecule has 4 nitrogen and oxygen atoms in total. The number of pyridine rings is 1. The van der Waals surface area contributed by atoms with Gasteiger partial charge >= 0.3 is 0 Å². The van der Waals surface area contributed by atoms with Crippen molar-refractivity contribution in [3.8, 4) is 0 Å². The van der Waals surface area contributed by atoms with E-state index >= 15 is 0 Å². The van der Waals surface area contributed by atoms with Crippen molar-refractivity contribution in [3.05, 3.63) is 41.4 Å². The molecule has 2 rings (SSSR count). The number of hydrogen-bond acceptors (Lipinski definition) is 3. The van der Waals surface area contributed by atoms with Crippen LogP contribution in [-0.2, 0) is 6.54 Å². The molecule has 0 aliphatic heterocycles. The highest BCUT2D eigenvalue weighted by atomic mass is 79.9. The van der Waals surface area contributed by atoms with Crippen LogP contribution in [0, 0.1) is 0 Å². The van der Waals surface area contributed by atoms with E-state index in [1.807, 2.05) is 23.0 Å². The van der Waals surface area contributed by atoms with E-state index in [1.54, 1.807) is 18.6 Å². The van der Waals surface area contributed by atoms with Gasteiger partial charge in [-0.2, -0.15) is 5.10 Å². The van der Waals surface area contributed by atoms with Crippen molar-refractivity contribution >= 4 is 21.6 Å². The van der Waals surface area contributed by atoms with Crippen LogP contribution in [0.4, 0.5) is 5.69 Å². The van der Waals surface area contributed by atoms with Crippen molar-refractivity contribution in [1.82, 2.24) is 14.8 Å². The number of halogens is 1. The molecule has 0 saturated heterocycles. The Bertz CT molecular complexity index is 441. The van der Waals surface area contributed by atoms with Gasteiger partial charge in [-0.15, -0.1) is 0 Å². The molecule has 1 atom stereocenters. The highest BCUT2D eigenvalue weighted by Gasteiger charge is 2.05. The summed E-state index contributed by atoms with van der Waals surface area (Å²) >= 11 is 3.46. The number of rotatable bonds is 4. The molecule has 0 bridgehead atoms. The summed E-state index contributed by atoms with van der Waals surface area (Å²) in [5.74, 6) is 0. The first-order chi connectivity index (χ1) is 7.75. The summed E-state index contributed by atoms with van der Waals surface area (Å²) in [5, 5.41) is 7.57. The third-order valence-corrected chi connectivity index (χ3v) is 2.83. The fraction of sp³-hybridized carbons (Fsp3) is 0.273. The van der Waals surface area contributed by atoms with Crippen LogP contribution in [0.1, 0.15) is 6.92 Å². The molecule has 0 saturated carbocycles. The largest absolute Gasteiger partial charge is 0.380 e. The van der Waals surface area contributed by atoms with Crippen LogP contribution in [-0.4, -0.2) is 20.8 Å². The van der Waals surface area contributed by atoms with E-state index in [-0.39, 0.29) is 0 Å². The summed E-state index contributed by atoms with van der Waals surface area (Å²) < 4.78 is 2.88. The van der Waals surface area contributed by atoms with Gasteiger partial charge in [-0.25, -0.2) is 0 Å². The van der Waals surface area contributed by atoms with E-state index in [4.69, 9.17) is 0 Å². The quantitative estimate of drug-likeness (QED) is 0.936. The van der Waals surface area contributed by atoms with Crippen LogP contribution in [0.3, 0.4) is 0 Å². The molecule has 0 radical (unpaired) electrons. The third kappa shape index (κ3) is 2.82. The molecule has 1 unspecified atom stereocenters. The second kappa shape index (κ2) is 5.12. The Morgan fingerprint density at radius 2 is 2.38 bits per heavy atom. The first-order valence-corrected chi connectivity index (χ1v) is 5.88. The molecule has 2 aromatic rings. The summed E-state index contributed by atoms with van der Waals surface area (Å²) in [5.41, 5.74) is 1.05. The lowest BCUT2D eigenvalue weighted by molar-refractivity contribution is 0.560. The highest BCUT2D eigenvalue weighted by Crippen LogP contribution is 2.20. The number of nitrogens with one attached hydrogen (secondary N) is 1. The Labute approximate surface area is 103 Å². The van der Waals surface area contributed by atoms with Crippen molar-refractivity contribution in [2.75, 3.05) is 5.32 Å². The lowest BCUT2D eigenvalue weighted by Crippen LogP contribution is -2.22. The van der Waals surface area contributed by atoms with E-state index < -0.39 is 0 Å². The maximum Gasteiger partial charge on any atom is 0.0608 e. The summed E-state index contributed by atoms with van der Waals surface area (Å²) in [6.07, 6.45) is 7.30. The van der Waals surface area contributed by atoms with Crippen LogP contribution in [0.25, 0.3) is 0 Å². The van der Waals surface area contributed by atoms with Gasteiger partial charge in [0.15, 0.2) is 0 Å². The smallest absolute Gasteiger partial charge is 0.0608 e. The first-order valence-electron chi connectivity index (χ1n) is 5.09. The minimum Gasteiger partial charge on any atom is -0.380 e. The average molecular weight is 281 g/mol. The summed E-state index contributed by atoms with van der Waals surface area (Å²) in [6.45, 7) is 2.95. The predicted molar refractivity (Wildman–Crippen MR) is 67.2 cm³/mol. The van der Waals surface area contributed by atoms with Crippen LogP contribution >= 0.6 is 15.9 Å². The van der Waals surface area contributed by atoms with E-state index in [9.17, 15) is 0 Å². The first kappa shape index (κ1) is 11.1. The molecule has 2 heterocycles. The van der Waals surface area contributed by atoms with E-state index in [2.05, 4.69) is 38.3 Å². The molecule has 0 fully saturated rings. The molecule has 0 aliphatic rings. The van der Waals surface area contributed by atoms with Gasteiger partial charge in [0.25, 0.3) is 0 Å². The van der Waals surface area contributed by atoms with Crippen molar-refractivity contribution in [2.45, 2.75) is 19.5 Å². The minimum absolute atomic E-state index is 0.304. The molecule has 0 aromatic carbocycles. The second-order valence-electron chi connectivity index (χ2n) is 3.63. The zero-order valence-corrected chi connectivity index (χ0v) is 10.6. The average Bonchev–Trinajstić information content (AvgIpc) is 2.74. The van der Waals surface area contributed by atoms with Crippen LogP contribution in [0.15, 0.2) is 41.4 Å². The van der Waals surface area contributed by atoms with Crippen molar-refractivity contribution in [1.29, 1.82) is 0 Å². The predicted octanol–water partition coefficient (Wildman–Crippen LogP) is 2.54. The molecule has 0 spiro atoms. The van der Waals surface area contributed by atoms with E-state index in [1.165, 1.54) is 0 Å². The monoisotopic (exact) mass is 280 g/mol. The topological polar surface area (TPSA) is 42.7 Å². The molecule has 16 heavy (non-hydrogen) atoms. The lowest BCUT2D eigenvalue weighted by atomic mass is 10.3. The summed E-state index contributed by atoms with van der Waals surface area (Å²) in [7, 11) is 0. The number of hydrogen-bond donors (Lipinski definition) is 1.